The zero-order valence-corrected chi connectivity index (χ0v) is 10.7. The fourth-order valence-corrected chi connectivity index (χ4v) is 2.21. The molecule has 0 aliphatic carbocycles. The molecule has 92 valence electrons. The quantitative estimate of drug-likeness (QED) is 0.696. The van der Waals surface area contributed by atoms with Gasteiger partial charge in [-0.25, -0.2) is 9.97 Å². The van der Waals surface area contributed by atoms with Crippen molar-refractivity contribution < 1.29 is 0 Å². The molecule has 0 atom stereocenters. The third-order valence-corrected chi connectivity index (χ3v) is 3.16. The largest absolute Gasteiger partial charge is 0.323 e. The Balaban J connectivity index is 2.08. The van der Waals surface area contributed by atoms with Crippen molar-refractivity contribution in [1.29, 1.82) is 0 Å². The maximum Gasteiger partial charge on any atom is 0.161 e. The van der Waals surface area contributed by atoms with Crippen LogP contribution in [0.25, 0.3) is 11.0 Å². The van der Waals surface area contributed by atoms with E-state index in [-0.39, 0.29) is 0 Å². The third-order valence-electron chi connectivity index (χ3n) is 2.48. The van der Waals surface area contributed by atoms with Gasteiger partial charge in [0.1, 0.15) is 17.2 Å². The Morgan fingerprint density at radius 3 is 3.00 bits per heavy atom. The molecule has 0 radical (unpaired) electrons. The fraction of sp³-hybridized carbons (Fsp3) is 0.200. The van der Waals surface area contributed by atoms with E-state index in [0.717, 1.165) is 16.2 Å². The predicted molar refractivity (Wildman–Crippen MR) is 70.0 cm³/mol. The average Bonchev–Trinajstić information content (AvgIpc) is 2.96. The highest BCUT2D eigenvalue weighted by atomic mass is 32.2. The lowest BCUT2D eigenvalue weighted by Crippen LogP contribution is -1.97. The molecule has 0 saturated carbocycles. The summed E-state index contributed by atoms with van der Waals surface area (Å²) in [5.74, 6) is 1.45. The van der Waals surface area contributed by atoms with E-state index in [1.54, 1.807) is 16.4 Å². The molecule has 2 N–H and O–H groups in total. The first kappa shape index (κ1) is 11.0. The molecule has 3 rings (SSSR count). The number of aromatic amines is 1. The van der Waals surface area contributed by atoms with Gasteiger partial charge in [-0.2, -0.15) is 10.2 Å². The molecule has 0 aromatic carbocycles. The van der Waals surface area contributed by atoms with E-state index in [0.29, 0.717) is 11.5 Å². The number of aryl methyl sites for hydroxylation is 1. The van der Waals surface area contributed by atoms with Crippen LogP contribution in [0.5, 0.6) is 0 Å². The number of anilines is 2. The first-order valence-electron chi connectivity index (χ1n) is 5.27. The Hall–Kier alpha value is -2.09. The van der Waals surface area contributed by atoms with Gasteiger partial charge < -0.3 is 5.32 Å². The van der Waals surface area contributed by atoms with Gasteiger partial charge in [0.05, 0.1) is 5.39 Å². The van der Waals surface area contributed by atoms with Crippen molar-refractivity contribution in [2.45, 2.75) is 5.03 Å². The van der Waals surface area contributed by atoms with E-state index in [2.05, 4.69) is 30.6 Å². The lowest BCUT2D eigenvalue weighted by Gasteiger charge is -2.03. The molecule has 18 heavy (non-hydrogen) atoms. The van der Waals surface area contributed by atoms with E-state index in [1.165, 1.54) is 6.33 Å². The topological polar surface area (TPSA) is 84.3 Å². The third kappa shape index (κ3) is 1.80. The molecule has 0 bridgehead atoms. The van der Waals surface area contributed by atoms with Crippen molar-refractivity contribution in [2.24, 2.45) is 7.05 Å². The standard InChI is InChI=1S/C10H11N7S/c1-17-4-3-6(16-17)13-8-7-9(12-5-11-8)14-15-10(7)18-2/h3-5H,1-2H3,(H2,11,12,13,14,15,16). The van der Waals surface area contributed by atoms with Gasteiger partial charge >= 0.3 is 0 Å². The maximum absolute atomic E-state index is 4.26. The first-order valence-corrected chi connectivity index (χ1v) is 6.50. The molecule has 3 aromatic rings. The summed E-state index contributed by atoms with van der Waals surface area (Å²) in [4.78, 5) is 8.40. The van der Waals surface area contributed by atoms with Crippen LogP contribution in [0.1, 0.15) is 0 Å². The molecule has 0 unspecified atom stereocenters. The van der Waals surface area contributed by atoms with Gasteiger partial charge in [0.15, 0.2) is 11.5 Å². The first-order chi connectivity index (χ1) is 8.78. The molecule has 0 aliphatic heterocycles. The highest BCUT2D eigenvalue weighted by molar-refractivity contribution is 7.98. The highest BCUT2D eigenvalue weighted by Gasteiger charge is 2.12. The summed E-state index contributed by atoms with van der Waals surface area (Å²) in [5, 5.41) is 16.3. The highest BCUT2D eigenvalue weighted by Crippen LogP contribution is 2.28. The Labute approximate surface area is 107 Å². The van der Waals surface area contributed by atoms with Gasteiger partial charge in [-0.1, -0.05) is 0 Å². The number of rotatable bonds is 3. The Morgan fingerprint density at radius 1 is 1.39 bits per heavy atom. The van der Waals surface area contributed by atoms with Crippen LogP contribution in [-0.4, -0.2) is 36.2 Å². The summed E-state index contributed by atoms with van der Waals surface area (Å²) in [6, 6.07) is 1.88. The lowest BCUT2D eigenvalue weighted by molar-refractivity contribution is 0.771. The molecular weight excluding hydrogens is 250 g/mol. The van der Waals surface area contributed by atoms with Crippen LogP contribution in [0, 0.1) is 0 Å². The van der Waals surface area contributed by atoms with Crippen molar-refractivity contribution in [3.8, 4) is 0 Å². The van der Waals surface area contributed by atoms with Crippen molar-refractivity contribution in [2.75, 3.05) is 11.6 Å². The molecule has 0 saturated heterocycles. The van der Waals surface area contributed by atoms with Crippen LogP contribution in [0.4, 0.5) is 11.6 Å². The van der Waals surface area contributed by atoms with Crippen LogP contribution in [0.3, 0.4) is 0 Å². The normalized spacial score (nSPS) is 11.0. The molecular formula is C10H11N7S. The lowest BCUT2D eigenvalue weighted by atomic mass is 10.4. The second kappa shape index (κ2) is 4.30. The molecule has 3 heterocycles. The van der Waals surface area contributed by atoms with Gasteiger partial charge in [-0.15, -0.1) is 11.8 Å². The monoisotopic (exact) mass is 261 g/mol. The van der Waals surface area contributed by atoms with Crippen molar-refractivity contribution >= 4 is 34.4 Å². The fourth-order valence-electron chi connectivity index (χ4n) is 1.68. The van der Waals surface area contributed by atoms with E-state index >= 15 is 0 Å². The van der Waals surface area contributed by atoms with Crippen LogP contribution in [-0.2, 0) is 7.05 Å². The Bertz CT molecular complexity index is 686. The van der Waals surface area contributed by atoms with Crippen molar-refractivity contribution in [3.05, 3.63) is 18.6 Å². The number of nitrogens with zero attached hydrogens (tertiary/aromatic N) is 5. The van der Waals surface area contributed by atoms with Crippen LogP contribution < -0.4 is 5.32 Å². The second-order valence-electron chi connectivity index (χ2n) is 3.68. The summed E-state index contributed by atoms with van der Waals surface area (Å²) in [6.07, 6.45) is 5.33. The van der Waals surface area contributed by atoms with Gasteiger partial charge in [-0.3, -0.25) is 9.78 Å². The molecule has 8 heteroatoms. The molecule has 0 aliphatic rings. The number of hydrogen-bond donors (Lipinski definition) is 2. The van der Waals surface area contributed by atoms with E-state index in [1.807, 2.05) is 25.6 Å². The number of hydrogen-bond acceptors (Lipinski definition) is 6. The maximum atomic E-state index is 4.26. The zero-order chi connectivity index (χ0) is 12.5. The minimum absolute atomic E-state index is 0.705. The summed E-state index contributed by atoms with van der Waals surface area (Å²) in [6.45, 7) is 0. The van der Waals surface area contributed by atoms with Crippen LogP contribution >= 0.6 is 11.8 Å². The summed E-state index contributed by atoms with van der Waals surface area (Å²) < 4.78 is 1.73. The van der Waals surface area contributed by atoms with Crippen LogP contribution in [0.2, 0.25) is 0 Å². The number of nitrogens with one attached hydrogen (secondary N) is 2. The molecule has 0 spiro atoms. The smallest absolute Gasteiger partial charge is 0.161 e. The molecule has 0 amide bonds. The Kier molecular flexibility index (Phi) is 2.63. The summed E-state index contributed by atoms with van der Waals surface area (Å²) in [5.41, 5.74) is 0.716. The van der Waals surface area contributed by atoms with Gasteiger partial charge in [0, 0.05) is 19.3 Å². The Morgan fingerprint density at radius 2 is 2.28 bits per heavy atom. The predicted octanol–water partition coefficient (Wildman–Crippen LogP) is 1.55. The van der Waals surface area contributed by atoms with E-state index < -0.39 is 0 Å². The number of H-pyrrole nitrogens is 1. The van der Waals surface area contributed by atoms with Crippen molar-refractivity contribution in [1.82, 2.24) is 29.9 Å². The number of aromatic nitrogens is 6. The van der Waals surface area contributed by atoms with Gasteiger partial charge in [-0.05, 0) is 6.26 Å². The molecule has 7 nitrogen and oxygen atoms in total. The minimum Gasteiger partial charge on any atom is -0.323 e. The summed E-state index contributed by atoms with van der Waals surface area (Å²) >= 11 is 1.55. The van der Waals surface area contributed by atoms with Gasteiger partial charge in [0.25, 0.3) is 0 Å². The van der Waals surface area contributed by atoms with Crippen molar-refractivity contribution in [3.63, 3.8) is 0 Å². The summed E-state index contributed by atoms with van der Waals surface area (Å²) in [7, 11) is 1.87. The molecule has 0 fully saturated rings. The van der Waals surface area contributed by atoms with Crippen LogP contribution in [0.15, 0.2) is 23.6 Å². The average molecular weight is 261 g/mol. The number of fused-ring (bicyclic) bond motifs is 1. The van der Waals surface area contributed by atoms with Gasteiger partial charge in [0.2, 0.25) is 0 Å². The SMILES string of the molecule is CSc1n[nH]c2ncnc(Nc3ccn(C)n3)c12. The minimum atomic E-state index is 0.705. The molecule has 3 aromatic heterocycles. The van der Waals surface area contributed by atoms with E-state index in [9.17, 15) is 0 Å². The van der Waals surface area contributed by atoms with E-state index in [4.69, 9.17) is 0 Å². The number of thioether (sulfide) groups is 1. The zero-order valence-electron chi connectivity index (χ0n) is 9.88. The second-order valence-corrected chi connectivity index (χ2v) is 4.47.